The molecule has 1 N–H and O–H groups in total. The van der Waals surface area contributed by atoms with Gasteiger partial charge in [-0.05, 0) is 30.4 Å². The largest absolute Gasteiger partial charge is 0.502 e. The fraction of sp³-hybridized carbons (Fsp3) is 0.389. The Morgan fingerprint density at radius 1 is 1.18 bits per heavy atom. The molecular weight excluding hydrogens is 278 g/mol. The molecular formula is C18H21NO3. The third-order valence-corrected chi connectivity index (χ3v) is 4.11. The van der Waals surface area contributed by atoms with Crippen LogP contribution in [0.3, 0.4) is 0 Å². The fourth-order valence-electron chi connectivity index (χ4n) is 2.60. The number of nitrogens with zero attached hydrogens (tertiary/aromatic N) is 1. The SMILES string of the molecule is CCc1ccc(CN(Cc2cc(=O)c(O)co2)C2CC2)cc1. The van der Waals surface area contributed by atoms with Crippen molar-refractivity contribution in [2.24, 2.45) is 0 Å². The molecule has 1 aromatic carbocycles. The molecule has 0 amide bonds. The number of aromatic hydroxyl groups is 1. The van der Waals surface area contributed by atoms with Gasteiger partial charge in [0, 0.05) is 18.7 Å². The second-order valence-corrected chi connectivity index (χ2v) is 5.90. The zero-order chi connectivity index (χ0) is 15.5. The van der Waals surface area contributed by atoms with Crippen LogP contribution in [0.2, 0.25) is 0 Å². The van der Waals surface area contributed by atoms with Crippen LogP contribution in [0.25, 0.3) is 0 Å². The Kier molecular flexibility index (Phi) is 4.29. The minimum atomic E-state index is -0.385. The minimum Gasteiger partial charge on any atom is -0.502 e. The lowest BCUT2D eigenvalue weighted by Crippen LogP contribution is -2.25. The quantitative estimate of drug-likeness (QED) is 0.890. The van der Waals surface area contributed by atoms with Gasteiger partial charge in [-0.1, -0.05) is 31.2 Å². The van der Waals surface area contributed by atoms with Gasteiger partial charge in [-0.2, -0.15) is 0 Å². The highest BCUT2D eigenvalue weighted by molar-refractivity contribution is 5.23. The molecule has 22 heavy (non-hydrogen) atoms. The van der Waals surface area contributed by atoms with E-state index in [0.29, 0.717) is 18.3 Å². The molecule has 1 saturated carbocycles. The summed E-state index contributed by atoms with van der Waals surface area (Å²) < 4.78 is 5.33. The summed E-state index contributed by atoms with van der Waals surface area (Å²) in [5.41, 5.74) is 2.22. The Labute approximate surface area is 130 Å². The maximum atomic E-state index is 11.5. The van der Waals surface area contributed by atoms with Crippen molar-refractivity contribution in [3.8, 4) is 5.75 Å². The van der Waals surface area contributed by atoms with Crippen molar-refractivity contribution < 1.29 is 9.52 Å². The summed E-state index contributed by atoms with van der Waals surface area (Å²) in [6.07, 6.45) is 4.55. The highest BCUT2D eigenvalue weighted by Crippen LogP contribution is 2.29. The molecule has 116 valence electrons. The summed E-state index contributed by atoms with van der Waals surface area (Å²) in [4.78, 5) is 13.8. The number of rotatable bonds is 6. The van der Waals surface area contributed by atoms with Crippen molar-refractivity contribution in [3.05, 3.63) is 63.7 Å². The Balaban J connectivity index is 1.72. The summed E-state index contributed by atoms with van der Waals surface area (Å²) in [5, 5.41) is 9.26. The summed E-state index contributed by atoms with van der Waals surface area (Å²) in [5.74, 6) is 0.261. The summed E-state index contributed by atoms with van der Waals surface area (Å²) >= 11 is 0. The van der Waals surface area contributed by atoms with Gasteiger partial charge >= 0.3 is 0 Å². The molecule has 1 fully saturated rings. The van der Waals surface area contributed by atoms with E-state index in [1.54, 1.807) is 0 Å². The maximum absolute atomic E-state index is 11.5. The highest BCUT2D eigenvalue weighted by Gasteiger charge is 2.29. The molecule has 0 saturated heterocycles. The maximum Gasteiger partial charge on any atom is 0.226 e. The van der Waals surface area contributed by atoms with Gasteiger partial charge in [0.05, 0.1) is 6.54 Å². The molecule has 1 aliphatic rings. The van der Waals surface area contributed by atoms with Gasteiger partial charge in [-0.3, -0.25) is 9.69 Å². The van der Waals surface area contributed by atoms with Crippen molar-refractivity contribution in [3.63, 3.8) is 0 Å². The third-order valence-electron chi connectivity index (χ3n) is 4.11. The molecule has 1 aromatic heterocycles. The van der Waals surface area contributed by atoms with Crippen LogP contribution in [0.4, 0.5) is 0 Å². The van der Waals surface area contributed by atoms with Gasteiger partial charge in [0.25, 0.3) is 0 Å². The molecule has 4 nitrogen and oxygen atoms in total. The minimum absolute atomic E-state index is 0.336. The van der Waals surface area contributed by atoms with Gasteiger partial charge in [0.1, 0.15) is 12.0 Å². The first-order valence-corrected chi connectivity index (χ1v) is 7.78. The second kappa shape index (κ2) is 6.36. The van der Waals surface area contributed by atoms with Crippen molar-refractivity contribution >= 4 is 0 Å². The van der Waals surface area contributed by atoms with Crippen LogP contribution in [0.5, 0.6) is 5.75 Å². The predicted octanol–water partition coefficient (Wildman–Crippen LogP) is 3.07. The molecule has 0 spiro atoms. The van der Waals surface area contributed by atoms with Crippen molar-refractivity contribution in [2.45, 2.75) is 45.3 Å². The van der Waals surface area contributed by atoms with Crippen LogP contribution in [0.1, 0.15) is 36.7 Å². The molecule has 2 aromatic rings. The van der Waals surface area contributed by atoms with Crippen LogP contribution in [-0.2, 0) is 19.5 Å². The van der Waals surface area contributed by atoms with Gasteiger partial charge in [0.15, 0.2) is 5.75 Å². The Morgan fingerprint density at radius 2 is 1.86 bits per heavy atom. The van der Waals surface area contributed by atoms with E-state index in [4.69, 9.17) is 4.42 Å². The van der Waals surface area contributed by atoms with Crippen LogP contribution >= 0.6 is 0 Å². The van der Waals surface area contributed by atoms with Gasteiger partial charge in [-0.15, -0.1) is 0 Å². The van der Waals surface area contributed by atoms with E-state index in [0.717, 1.165) is 19.2 Å². The average Bonchev–Trinajstić information content (AvgIpc) is 3.36. The summed E-state index contributed by atoms with van der Waals surface area (Å²) in [6, 6.07) is 10.6. The van der Waals surface area contributed by atoms with Crippen LogP contribution in [-0.4, -0.2) is 16.0 Å². The number of benzene rings is 1. The molecule has 3 rings (SSSR count). The lowest BCUT2D eigenvalue weighted by atomic mass is 10.1. The second-order valence-electron chi connectivity index (χ2n) is 5.90. The van der Waals surface area contributed by atoms with E-state index in [1.165, 1.54) is 30.0 Å². The Bertz CT molecular complexity index is 686. The predicted molar refractivity (Wildman–Crippen MR) is 84.7 cm³/mol. The van der Waals surface area contributed by atoms with E-state index in [9.17, 15) is 9.90 Å². The first kappa shape index (κ1) is 14.9. The molecule has 0 radical (unpaired) electrons. The third kappa shape index (κ3) is 3.57. The first-order valence-electron chi connectivity index (χ1n) is 7.78. The normalized spacial score (nSPS) is 14.5. The van der Waals surface area contributed by atoms with Gasteiger partial charge < -0.3 is 9.52 Å². The topological polar surface area (TPSA) is 53.7 Å². The van der Waals surface area contributed by atoms with Crippen molar-refractivity contribution in [2.75, 3.05) is 0 Å². The smallest absolute Gasteiger partial charge is 0.226 e. The molecule has 0 aliphatic heterocycles. The van der Waals surface area contributed by atoms with E-state index in [2.05, 4.69) is 36.1 Å². The van der Waals surface area contributed by atoms with E-state index in [1.807, 2.05) is 0 Å². The lowest BCUT2D eigenvalue weighted by Gasteiger charge is -2.21. The van der Waals surface area contributed by atoms with Crippen LogP contribution in [0, 0.1) is 0 Å². The number of hydrogen-bond acceptors (Lipinski definition) is 4. The number of aryl methyl sites for hydroxylation is 1. The highest BCUT2D eigenvalue weighted by atomic mass is 16.4. The standard InChI is InChI=1S/C18H21NO3/c1-2-13-3-5-14(6-4-13)10-19(15-7-8-15)11-16-9-17(20)18(21)12-22-16/h3-6,9,12,15,21H,2,7-8,10-11H2,1H3. The van der Waals surface area contributed by atoms with E-state index < -0.39 is 0 Å². The Morgan fingerprint density at radius 3 is 2.45 bits per heavy atom. The first-order chi connectivity index (χ1) is 10.7. The van der Waals surface area contributed by atoms with Crippen LogP contribution < -0.4 is 5.43 Å². The molecule has 1 aliphatic carbocycles. The number of hydrogen-bond donors (Lipinski definition) is 1. The molecule has 4 heteroatoms. The van der Waals surface area contributed by atoms with E-state index >= 15 is 0 Å². The fourth-order valence-corrected chi connectivity index (χ4v) is 2.60. The zero-order valence-electron chi connectivity index (χ0n) is 12.8. The molecule has 0 bridgehead atoms. The summed E-state index contributed by atoms with van der Waals surface area (Å²) in [6.45, 7) is 3.59. The van der Waals surface area contributed by atoms with Gasteiger partial charge in [-0.25, -0.2) is 0 Å². The average molecular weight is 299 g/mol. The summed E-state index contributed by atoms with van der Waals surface area (Å²) in [7, 11) is 0. The molecule has 0 unspecified atom stereocenters. The zero-order valence-corrected chi connectivity index (χ0v) is 12.8. The van der Waals surface area contributed by atoms with E-state index in [-0.39, 0.29) is 11.2 Å². The van der Waals surface area contributed by atoms with Gasteiger partial charge in [0.2, 0.25) is 5.43 Å². The molecule has 0 atom stereocenters. The van der Waals surface area contributed by atoms with Crippen LogP contribution in [0.15, 0.2) is 45.8 Å². The van der Waals surface area contributed by atoms with Crippen molar-refractivity contribution in [1.29, 1.82) is 0 Å². The Hall–Kier alpha value is -2.07. The van der Waals surface area contributed by atoms with Crippen molar-refractivity contribution in [1.82, 2.24) is 4.90 Å². The molecule has 1 heterocycles. The monoisotopic (exact) mass is 299 g/mol. The lowest BCUT2D eigenvalue weighted by molar-refractivity contribution is 0.221.